The van der Waals surface area contributed by atoms with Crippen molar-refractivity contribution in [3.05, 3.63) is 76.5 Å². The minimum atomic E-state index is -0.508. The Morgan fingerprint density at radius 3 is 2.27 bits per heavy atom. The second kappa shape index (κ2) is 11.5. The molecule has 1 aromatic heterocycles. The second-order valence-electron chi connectivity index (χ2n) is 10.5. The molecule has 2 aliphatic heterocycles. The molecule has 0 unspecified atom stereocenters. The van der Waals surface area contributed by atoms with E-state index in [0.29, 0.717) is 40.5 Å². The number of ether oxygens (including phenoxy) is 3. The summed E-state index contributed by atoms with van der Waals surface area (Å²) in [5.41, 5.74) is 9.16. The van der Waals surface area contributed by atoms with Crippen LogP contribution in [0.1, 0.15) is 63.2 Å². The van der Waals surface area contributed by atoms with Crippen LogP contribution in [0.25, 0.3) is 0 Å². The van der Waals surface area contributed by atoms with E-state index in [1.54, 1.807) is 27.4 Å². The fourth-order valence-corrected chi connectivity index (χ4v) is 6.19. The van der Waals surface area contributed by atoms with Crippen molar-refractivity contribution in [2.45, 2.75) is 57.2 Å². The van der Waals surface area contributed by atoms with Gasteiger partial charge in [-0.25, -0.2) is 4.98 Å². The molecule has 9 heteroatoms. The number of aromatic nitrogens is 1. The van der Waals surface area contributed by atoms with Crippen LogP contribution in [-0.2, 0) is 6.42 Å². The van der Waals surface area contributed by atoms with Gasteiger partial charge < -0.3 is 30.2 Å². The van der Waals surface area contributed by atoms with Crippen molar-refractivity contribution >= 4 is 17.6 Å². The largest absolute Gasteiger partial charge is 0.496 e. The lowest BCUT2D eigenvalue weighted by molar-refractivity contribution is 0.0925. The lowest BCUT2D eigenvalue weighted by atomic mass is 9.96. The summed E-state index contributed by atoms with van der Waals surface area (Å²) in [6.07, 6.45) is 4.14. The molecule has 9 nitrogen and oxygen atoms in total. The molecule has 0 saturated carbocycles. The van der Waals surface area contributed by atoms with Gasteiger partial charge in [0.15, 0.2) is 11.5 Å². The van der Waals surface area contributed by atoms with Crippen molar-refractivity contribution in [3.8, 4) is 17.2 Å². The normalized spacial score (nSPS) is 19.7. The summed E-state index contributed by atoms with van der Waals surface area (Å²) in [4.78, 5) is 32.7. The number of anilines is 1. The van der Waals surface area contributed by atoms with Gasteiger partial charge in [-0.3, -0.25) is 9.59 Å². The fourth-order valence-electron chi connectivity index (χ4n) is 6.19. The Kier molecular flexibility index (Phi) is 7.82. The van der Waals surface area contributed by atoms with E-state index in [1.165, 1.54) is 0 Å². The highest BCUT2D eigenvalue weighted by molar-refractivity contribution is 5.96. The predicted molar refractivity (Wildman–Crippen MR) is 153 cm³/mol. The van der Waals surface area contributed by atoms with Gasteiger partial charge in [-0.1, -0.05) is 12.1 Å². The zero-order valence-electron chi connectivity index (χ0n) is 23.4. The predicted octanol–water partition coefficient (Wildman–Crippen LogP) is 4.04. The van der Waals surface area contributed by atoms with Crippen molar-refractivity contribution in [2.75, 3.05) is 26.2 Å². The van der Waals surface area contributed by atoms with Crippen molar-refractivity contribution in [2.24, 2.45) is 5.73 Å². The summed E-state index contributed by atoms with van der Waals surface area (Å²) in [5, 5.41) is 3.26. The number of nitrogens with one attached hydrogen (secondary N) is 1. The van der Waals surface area contributed by atoms with E-state index in [9.17, 15) is 9.59 Å². The van der Waals surface area contributed by atoms with Crippen LogP contribution >= 0.6 is 0 Å². The minimum absolute atomic E-state index is 0.0722. The molecule has 2 aromatic carbocycles. The van der Waals surface area contributed by atoms with Crippen LogP contribution in [0.15, 0.2) is 48.5 Å². The molecule has 3 N–H and O–H groups in total. The zero-order chi connectivity index (χ0) is 28.4. The van der Waals surface area contributed by atoms with Crippen LogP contribution in [0.3, 0.4) is 0 Å². The fraction of sp³-hybridized carbons (Fsp3) is 0.387. The number of nitrogens with two attached hydrogens (primary N) is 1. The van der Waals surface area contributed by atoms with E-state index < -0.39 is 5.91 Å². The number of nitrogens with zero attached hydrogens (tertiary/aromatic N) is 2. The first-order valence-corrected chi connectivity index (χ1v) is 13.6. The van der Waals surface area contributed by atoms with E-state index >= 15 is 0 Å². The van der Waals surface area contributed by atoms with Gasteiger partial charge in [0.25, 0.3) is 11.8 Å². The Bertz CT molecular complexity index is 1410. The summed E-state index contributed by atoms with van der Waals surface area (Å²) >= 11 is 0. The second-order valence-corrected chi connectivity index (χ2v) is 10.5. The molecule has 2 fully saturated rings. The third-order valence-corrected chi connectivity index (χ3v) is 8.13. The van der Waals surface area contributed by atoms with Gasteiger partial charge in [0.1, 0.15) is 11.6 Å². The number of fused-ring (bicyclic) bond motifs is 2. The van der Waals surface area contributed by atoms with E-state index in [2.05, 4.69) is 10.2 Å². The Balaban J connectivity index is 1.35. The molecule has 0 spiro atoms. The van der Waals surface area contributed by atoms with Crippen molar-refractivity contribution < 1.29 is 23.8 Å². The molecule has 210 valence electrons. The molecule has 2 amide bonds. The molecule has 5 rings (SSSR count). The summed E-state index contributed by atoms with van der Waals surface area (Å²) < 4.78 is 16.2. The number of piperidine rings is 1. The number of benzene rings is 2. The smallest absolute Gasteiger partial charge is 0.251 e. The number of primary amides is 1. The Morgan fingerprint density at radius 2 is 1.62 bits per heavy atom. The van der Waals surface area contributed by atoms with Crippen LogP contribution in [0.2, 0.25) is 0 Å². The minimum Gasteiger partial charge on any atom is -0.496 e. The lowest BCUT2D eigenvalue weighted by Crippen LogP contribution is -2.51. The maximum Gasteiger partial charge on any atom is 0.251 e. The van der Waals surface area contributed by atoms with Gasteiger partial charge in [0, 0.05) is 35.7 Å². The average molecular weight is 545 g/mol. The summed E-state index contributed by atoms with van der Waals surface area (Å²) in [5.74, 6) is 2.21. The van der Waals surface area contributed by atoms with Crippen LogP contribution in [-0.4, -0.2) is 56.3 Å². The number of methoxy groups -OCH3 is 3. The number of pyridine rings is 1. The van der Waals surface area contributed by atoms with E-state index in [-0.39, 0.29) is 24.0 Å². The first-order chi connectivity index (χ1) is 19.3. The summed E-state index contributed by atoms with van der Waals surface area (Å²) in [6, 6.07) is 15.4. The molecule has 2 saturated heterocycles. The van der Waals surface area contributed by atoms with Crippen molar-refractivity contribution in [3.63, 3.8) is 0 Å². The van der Waals surface area contributed by atoms with E-state index in [1.807, 2.05) is 49.4 Å². The SMILES string of the molecule is COc1ccc(Cc2nc(N3[C@@H]4CC[C@H]3C[C@@H](NC(=O)c3cccc(OC)c3C)C4)ccc2C(N)=O)cc1OC. The van der Waals surface area contributed by atoms with Gasteiger partial charge in [-0.2, -0.15) is 0 Å². The molecule has 40 heavy (non-hydrogen) atoms. The highest BCUT2D eigenvalue weighted by Gasteiger charge is 2.42. The van der Waals surface area contributed by atoms with E-state index in [0.717, 1.165) is 42.6 Å². The quantitative estimate of drug-likeness (QED) is 0.418. The van der Waals surface area contributed by atoms with Crippen LogP contribution in [0.5, 0.6) is 17.2 Å². The van der Waals surface area contributed by atoms with Crippen LogP contribution in [0.4, 0.5) is 5.82 Å². The first kappa shape index (κ1) is 27.3. The molecule has 0 radical (unpaired) electrons. The molecule has 3 atom stereocenters. The van der Waals surface area contributed by atoms with Gasteiger partial charge in [0.2, 0.25) is 0 Å². The molecular weight excluding hydrogens is 508 g/mol. The third kappa shape index (κ3) is 5.28. The molecule has 3 heterocycles. The molecule has 3 aromatic rings. The Morgan fingerprint density at radius 1 is 0.925 bits per heavy atom. The summed E-state index contributed by atoms with van der Waals surface area (Å²) in [7, 11) is 4.80. The Labute approximate surface area is 234 Å². The molecular formula is C31H36N4O5. The number of carbonyl (C=O) groups is 2. The highest BCUT2D eigenvalue weighted by atomic mass is 16.5. The topological polar surface area (TPSA) is 116 Å². The van der Waals surface area contributed by atoms with Crippen molar-refractivity contribution in [1.29, 1.82) is 0 Å². The summed E-state index contributed by atoms with van der Waals surface area (Å²) in [6.45, 7) is 1.90. The number of rotatable bonds is 9. The third-order valence-electron chi connectivity index (χ3n) is 8.13. The monoisotopic (exact) mass is 544 g/mol. The van der Waals surface area contributed by atoms with Gasteiger partial charge in [-0.05, 0) is 74.6 Å². The Hall–Kier alpha value is -4.27. The lowest BCUT2D eigenvalue weighted by Gasteiger charge is -2.40. The number of hydrogen-bond donors (Lipinski definition) is 2. The van der Waals surface area contributed by atoms with Gasteiger partial charge in [-0.15, -0.1) is 0 Å². The molecule has 2 bridgehead atoms. The highest BCUT2D eigenvalue weighted by Crippen LogP contribution is 2.39. The molecule has 0 aliphatic carbocycles. The maximum absolute atomic E-state index is 13.1. The first-order valence-electron chi connectivity index (χ1n) is 13.6. The number of amides is 2. The number of carbonyl (C=O) groups excluding carboxylic acids is 2. The van der Waals surface area contributed by atoms with Crippen LogP contribution < -0.4 is 30.2 Å². The maximum atomic E-state index is 13.1. The molecule has 2 aliphatic rings. The average Bonchev–Trinajstić information content (AvgIpc) is 3.22. The van der Waals surface area contributed by atoms with E-state index in [4.69, 9.17) is 24.9 Å². The van der Waals surface area contributed by atoms with Crippen LogP contribution in [0, 0.1) is 6.92 Å². The zero-order valence-corrected chi connectivity index (χ0v) is 23.4. The standard InChI is InChI=1S/C31H36N4O5/c1-18-23(6-5-7-26(18)38-2)31(37)33-20-16-21-9-10-22(17-20)35(21)29-13-11-24(30(32)36)25(34-29)14-19-8-12-27(39-3)28(15-19)40-4/h5-8,11-13,15,20-22H,9-10,14,16-17H2,1-4H3,(H2,32,36)(H,33,37)/t20-,21+,22-. The van der Waals surface area contributed by atoms with Gasteiger partial charge >= 0.3 is 0 Å². The van der Waals surface area contributed by atoms with Crippen molar-refractivity contribution in [1.82, 2.24) is 10.3 Å². The number of hydrogen-bond acceptors (Lipinski definition) is 7. The van der Waals surface area contributed by atoms with Gasteiger partial charge in [0.05, 0.1) is 32.6 Å².